The van der Waals surface area contributed by atoms with Gasteiger partial charge >= 0.3 is 5.97 Å². The topological polar surface area (TPSA) is 84.5 Å². The minimum absolute atomic E-state index is 0.0413. The van der Waals surface area contributed by atoms with Crippen molar-refractivity contribution >= 4 is 52.5 Å². The summed E-state index contributed by atoms with van der Waals surface area (Å²) in [5.74, 6) is -1.34. The van der Waals surface area contributed by atoms with Crippen molar-refractivity contribution in [1.29, 1.82) is 0 Å². The second kappa shape index (κ2) is 12.8. The second-order valence-electron chi connectivity index (χ2n) is 7.35. The van der Waals surface area contributed by atoms with Crippen molar-refractivity contribution in [3.05, 3.63) is 83.4 Å². The number of benzene rings is 3. The van der Waals surface area contributed by atoms with Crippen LogP contribution in [-0.2, 0) is 25.5 Å². The van der Waals surface area contributed by atoms with E-state index in [1.165, 1.54) is 0 Å². The number of halogens is 1. The summed E-state index contributed by atoms with van der Waals surface area (Å²) in [6.45, 7) is 1.59. The largest absolute Gasteiger partial charge is 0.456 e. The molecule has 176 valence electrons. The summed E-state index contributed by atoms with van der Waals surface area (Å²) >= 11 is 7.49. The van der Waals surface area contributed by atoms with Gasteiger partial charge in [0, 0.05) is 32.6 Å². The van der Waals surface area contributed by atoms with E-state index >= 15 is 0 Å². The Morgan fingerprint density at radius 2 is 1.47 bits per heavy atom. The number of hydrogen-bond acceptors (Lipinski definition) is 5. The van der Waals surface area contributed by atoms with Crippen LogP contribution < -0.4 is 10.6 Å². The lowest BCUT2D eigenvalue weighted by molar-refractivity contribution is -0.147. The van der Waals surface area contributed by atoms with E-state index in [-0.39, 0.29) is 18.7 Å². The summed E-state index contributed by atoms with van der Waals surface area (Å²) in [6.07, 6.45) is 0.616. The third-order valence-electron chi connectivity index (χ3n) is 4.78. The van der Waals surface area contributed by atoms with Crippen LogP contribution in [0.5, 0.6) is 0 Å². The fourth-order valence-electron chi connectivity index (χ4n) is 3.04. The molecular formula is C26H25ClN2O4S. The lowest BCUT2D eigenvalue weighted by atomic mass is 10.1. The number of amides is 2. The van der Waals surface area contributed by atoms with Crippen LogP contribution in [0.3, 0.4) is 0 Å². The standard InChI is InChI=1S/C26H25ClN2O4S/c1-2-18-5-3-4-6-23(18)29-25(31)17-33-26(32)16-15-24(30)28-20-9-13-22(14-10-20)34-21-11-7-19(27)8-12-21/h3-14H,2,15-17H2,1H3,(H,28,30)(H,29,31). The van der Waals surface area contributed by atoms with Gasteiger partial charge in [0.25, 0.3) is 5.91 Å². The lowest BCUT2D eigenvalue weighted by Gasteiger charge is -2.10. The molecule has 3 rings (SSSR count). The highest BCUT2D eigenvalue weighted by molar-refractivity contribution is 7.99. The summed E-state index contributed by atoms with van der Waals surface area (Å²) in [4.78, 5) is 38.2. The fourth-order valence-corrected chi connectivity index (χ4v) is 3.98. The SMILES string of the molecule is CCc1ccccc1NC(=O)COC(=O)CCC(=O)Nc1ccc(Sc2ccc(Cl)cc2)cc1. The highest BCUT2D eigenvalue weighted by Crippen LogP contribution is 2.29. The van der Waals surface area contributed by atoms with Crippen molar-refractivity contribution in [2.75, 3.05) is 17.2 Å². The molecule has 8 heteroatoms. The van der Waals surface area contributed by atoms with Crippen LogP contribution in [0.25, 0.3) is 0 Å². The molecule has 0 aromatic heterocycles. The Kier molecular flexibility index (Phi) is 9.55. The van der Waals surface area contributed by atoms with Crippen molar-refractivity contribution in [2.45, 2.75) is 36.0 Å². The van der Waals surface area contributed by atoms with Crippen molar-refractivity contribution in [2.24, 2.45) is 0 Å². The lowest BCUT2D eigenvalue weighted by Crippen LogP contribution is -2.22. The number of carbonyl (C=O) groups excluding carboxylic acids is 3. The van der Waals surface area contributed by atoms with Gasteiger partial charge in [-0.15, -0.1) is 0 Å². The molecular weight excluding hydrogens is 472 g/mol. The van der Waals surface area contributed by atoms with E-state index in [0.717, 1.165) is 21.8 Å². The summed E-state index contributed by atoms with van der Waals surface area (Å²) in [5, 5.41) is 6.17. The molecule has 0 fully saturated rings. The minimum Gasteiger partial charge on any atom is -0.456 e. The van der Waals surface area contributed by atoms with Gasteiger partial charge in [-0.2, -0.15) is 0 Å². The molecule has 0 heterocycles. The van der Waals surface area contributed by atoms with Gasteiger partial charge in [-0.05, 0) is 66.6 Å². The molecule has 0 aliphatic rings. The predicted octanol–water partition coefficient (Wildman–Crippen LogP) is 5.95. The summed E-state index contributed by atoms with van der Waals surface area (Å²) in [5.41, 5.74) is 2.33. The average molecular weight is 497 g/mol. The van der Waals surface area contributed by atoms with Gasteiger partial charge in [-0.3, -0.25) is 14.4 Å². The van der Waals surface area contributed by atoms with Crippen molar-refractivity contribution in [1.82, 2.24) is 0 Å². The van der Waals surface area contributed by atoms with Crippen LogP contribution >= 0.6 is 23.4 Å². The molecule has 0 saturated heterocycles. The van der Waals surface area contributed by atoms with Gasteiger partial charge < -0.3 is 15.4 Å². The van der Waals surface area contributed by atoms with Crippen LogP contribution in [0.2, 0.25) is 5.02 Å². The number of para-hydroxylation sites is 1. The number of aryl methyl sites for hydroxylation is 1. The first-order valence-electron chi connectivity index (χ1n) is 10.8. The third-order valence-corrected chi connectivity index (χ3v) is 6.05. The number of hydrogen-bond donors (Lipinski definition) is 2. The number of nitrogens with one attached hydrogen (secondary N) is 2. The van der Waals surface area contributed by atoms with E-state index in [1.807, 2.05) is 61.5 Å². The Balaban J connectivity index is 1.37. The van der Waals surface area contributed by atoms with E-state index in [0.29, 0.717) is 16.4 Å². The van der Waals surface area contributed by atoms with Gasteiger partial charge in [-0.25, -0.2) is 0 Å². The molecule has 6 nitrogen and oxygen atoms in total. The molecule has 0 bridgehead atoms. The van der Waals surface area contributed by atoms with Gasteiger partial charge in [0.2, 0.25) is 5.91 Å². The maximum atomic E-state index is 12.2. The predicted molar refractivity (Wildman–Crippen MR) is 135 cm³/mol. The van der Waals surface area contributed by atoms with Crippen LogP contribution in [0.15, 0.2) is 82.6 Å². The molecule has 0 spiro atoms. The van der Waals surface area contributed by atoms with Crippen LogP contribution in [0.1, 0.15) is 25.3 Å². The zero-order valence-electron chi connectivity index (χ0n) is 18.7. The monoisotopic (exact) mass is 496 g/mol. The molecule has 0 aliphatic carbocycles. The number of esters is 1. The maximum Gasteiger partial charge on any atom is 0.306 e. The molecule has 2 N–H and O–H groups in total. The number of rotatable bonds is 10. The molecule has 3 aromatic rings. The number of carbonyl (C=O) groups is 3. The molecule has 34 heavy (non-hydrogen) atoms. The Morgan fingerprint density at radius 1 is 0.824 bits per heavy atom. The van der Waals surface area contributed by atoms with Gasteiger partial charge in [0.1, 0.15) is 0 Å². The van der Waals surface area contributed by atoms with E-state index in [4.69, 9.17) is 16.3 Å². The summed E-state index contributed by atoms with van der Waals surface area (Å²) in [6, 6.07) is 22.4. The Bertz CT molecular complexity index is 1130. The van der Waals surface area contributed by atoms with Crippen molar-refractivity contribution in [3.63, 3.8) is 0 Å². The van der Waals surface area contributed by atoms with Gasteiger partial charge in [-0.1, -0.05) is 48.5 Å². The van der Waals surface area contributed by atoms with E-state index in [1.54, 1.807) is 30.0 Å². The minimum atomic E-state index is -0.608. The molecule has 0 radical (unpaired) electrons. The normalized spacial score (nSPS) is 10.4. The van der Waals surface area contributed by atoms with Crippen LogP contribution in [-0.4, -0.2) is 24.4 Å². The average Bonchev–Trinajstić information content (AvgIpc) is 2.84. The van der Waals surface area contributed by atoms with Crippen molar-refractivity contribution in [3.8, 4) is 0 Å². The molecule has 0 aliphatic heterocycles. The Hall–Kier alpha value is -3.29. The maximum absolute atomic E-state index is 12.2. The Morgan fingerprint density at radius 3 is 2.15 bits per heavy atom. The molecule has 0 saturated carbocycles. The van der Waals surface area contributed by atoms with Crippen molar-refractivity contribution < 1.29 is 19.1 Å². The number of anilines is 2. The first kappa shape index (κ1) is 25.3. The highest BCUT2D eigenvalue weighted by Gasteiger charge is 2.12. The van der Waals surface area contributed by atoms with Gasteiger partial charge in [0.15, 0.2) is 6.61 Å². The zero-order valence-corrected chi connectivity index (χ0v) is 20.2. The molecule has 3 aromatic carbocycles. The van der Waals surface area contributed by atoms with Crippen LogP contribution in [0.4, 0.5) is 11.4 Å². The van der Waals surface area contributed by atoms with E-state index < -0.39 is 18.5 Å². The second-order valence-corrected chi connectivity index (χ2v) is 8.93. The highest BCUT2D eigenvalue weighted by atomic mass is 35.5. The Labute approximate surface area is 208 Å². The zero-order chi connectivity index (χ0) is 24.3. The fraction of sp³-hybridized carbons (Fsp3) is 0.192. The number of ether oxygens (including phenoxy) is 1. The molecule has 2 amide bonds. The summed E-state index contributed by atoms with van der Waals surface area (Å²) in [7, 11) is 0. The first-order chi connectivity index (χ1) is 16.4. The molecule has 0 atom stereocenters. The van der Waals surface area contributed by atoms with E-state index in [2.05, 4.69) is 10.6 Å². The molecule has 0 unspecified atom stereocenters. The van der Waals surface area contributed by atoms with Crippen LogP contribution in [0, 0.1) is 0 Å². The third kappa shape index (κ3) is 8.24. The summed E-state index contributed by atoms with van der Waals surface area (Å²) < 4.78 is 4.99. The quantitative estimate of drug-likeness (QED) is 0.338. The van der Waals surface area contributed by atoms with E-state index in [9.17, 15) is 14.4 Å². The smallest absolute Gasteiger partial charge is 0.306 e. The first-order valence-corrected chi connectivity index (χ1v) is 12.0. The van der Waals surface area contributed by atoms with Gasteiger partial charge in [0.05, 0.1) is 6.42 Å².